The van der Waals surface area contributed by atoms with Crippen molar-refractivity contribution >= 4 is 10.9 Å². The normalized spacial score (nSPS) is 12.9. The van der Waals surface area contributed by atoms with Crippen LogP contribution in [0.25, 0.3) is 10.9 Å². The zero-order valence-corrected chi connectivity index (χ0v) is 11.8. The van der Waals surface area contributed by atoms with E-state index in [-0.39, 0.29) is 6.04 Å². The van der Waals surface area contributed by atoms with Crippen LogP contribution in [-0.4, -0.2) is 16.3 Å². The summed E-state index contributed by atoms with van der Waals surface area (Å²) in [6, 6.07) is 12.4. The first-order chi connectivity index (χ1) is 9.79. The molecule has 0 aliphatic carbocycles. The molecular formula is C16H19N3O. The molecule has 1 unspecified atom stereocenters. The highest BCUT2D eigenvalue weighted by Gasteiger charge is 2.19. The average molecular weight is 269 g/mol. The van der Waals surface area contributed by atoms with Crippen molar-refractivity contribution in [2.45, 2.75) is 19.4 Å². The van der Waals surface area contributed by atoms with Crippen LogP contribution in [-0.2, 0) is 13.5 Å². The van der Waals surface area contributed by atoms with Gasteiger partial charge in [-0.15, -0.1) is 0 Å². The first kappa shape index (κ1) is 12.9. The number of likely N-dealkylation sites (N-methyl/N-ethyl adjacent to an activating group) is 1. The maximum atomic E-state index is 5.48. The predicted octanol–water partition coefficient (Wildman–Crippen LogP) is 3.06. The lowest BCUT2D eigenvalue weighted by molar-refractivity contribution is 0.449. The number of aromatic nitrogens is 2. The van der Waals surface area contributed by atoms with Crippen molar-refractivity contribution in [3.63, 3.8) is 0 Å². The minimum Gasteiger partial charge on any atom is -0.469 e. The number of nitrogens with one attached hydrogen (secondary N) is 1. The Hall–Kier alpha value is -2.07. The van der Waals surface area contributed by atoms with Crippen LogP contribution in [0.2, 0.25) is 0 Å². The Morgan fingerprint density at radius 3 is 2.85 bits per heavy atom. The van der Waals surface area contributed by atoms with E-state index in [2.05, 4.69) is 30.4 Å². The Morgan fingerprint density at radius 2 is 2.10 bits per heavy atom. The number of benzene rings is 1. The van der Waals surface area contributed by atoms with Crippen molar-refractivity contribution in [2.24, 2.45) is 7.05 Å². The average Bonchev–Trinajstić information content (AvgIpc) is 3.07. The Bertz CT molecular complexity index is 685. The van der Waals surface area contributed by atoms with E-state index in [1.165, 1.54) is 5.39 Å². The molecule has 2 aromatic heterocycles. The van der Waals surface area contributed by atoms with E-state index in [0.717, 1.165) is 29.9 Å². The monoisotopic (exact) mass is 269 g/mol. The summed E-state index contributed by atoms with van der Waals surface area (Å²) in [6.45, 7) is 3.01. The highest BCUT2D eigenvalue weighted by molar-refractivity contribution is 5.82. The number of nitrogens with zero attached hydrogens (tertiary/aromatic N) is 2. The molecule has 0 fully saturated rings. The van der Waals surface area contributed by atoms with Crippen LogP contribution in [0.3, 0.4) is 0 Å². The van der Waals surface area contributed by atoms with Gasteiger partial charge in [-0.2, -0.15) is 5.10 Å². The fourth-order valence-corrected chi connectivity index (χ4v) is 2.64. The lowest BCUT2D eigenvalue weighted by Crippen LogP contribution is -2.23. The van der Waals surface area contributed by atoms with Crippen LogP contribution >= 0.6 is 0 Å². The first-order valence-corrected chi connectivity index (χ1v) is 6.97. The van der Waals surface area contributed by atoms with Gasteiger partial charge in [0.25, 0.3) is 0 Å². The van der Waals surface area contributed by atoms with Gasteiger partial charge in [0.2, 0.25) is 0 Å². The first-order valence-electron chi connectivity index (χ1n) is 6.97. The number of hydrogen-bond acceptors (Lipinski definition) is 3. The van der Waals surface area contributed by atoms with Crippen molar-refractivity contribution in [3.05, 3.63) is 54.1 Å². The smallest absolute Gasteiger partial charge is 0.105 e. The van der Waals surface area contributed by atoms with Gasteiger partial charge in [-0.1, -0.05) is 25.1 Å². The van der Waals surface area contributed by atoms with E-state index in [1.807, 2.05) is 29.9 Å². The summed E-state index contributed by atoms with van der Waals surface area (Å²) in [4.78, 5) is 0. The molecule has 2 heterocycles. The Kier molecular flexibility index (Phi) is 3.56. The van der Waals surface area contributed by atoms with Crippen LogP contribution in [0.5, 0.6) is 0 Å². The van der Waals surface area contributed by atoms with Crippen molar-refractivity contribution in [3.8, 4) is 0 Å². The van der Waals surface area contributed by atoms with Gasteiger partial charge in [-0.05, 0) is 24.7 Å². The van der Waals surface area contributed by atoms with E-state index in [1.54, 1.807) is 6.26 Å². The summed E-state index contributed by atoms with van der Waals surface area (Å²) in [6.07, 6.45) is 2.52. The van der Waals surface area contributed by atoms with E-state index in [0.29, 0.717) is 0 Å². The van der Waals surface area contributed by atoms with E-state index in [4.69, 9.17) is 9.52 Å². The van der Waals surface area contributed by atoms with Crippen LogP contribution in [0.15, 0.2) is 47.1 Å². The molecule has 1 N–H and O–H groups in total. The SMILES string of the molecule is CCNC(Cc1ccco1)c1nn(C)c2ccccc12. The quantitative estimate of drug-likeness (QED) is 0.774. The van der Waals surface area contributed by atoms with Gasteiger partial charge in [0, 0.05) is 18.9 Å². The standard InChI is InChI=1S/C16H19N3O/c1-3-17-14(11-12-7-6-10-20-12)16-13-8-4-5-9-15(13)19(2)18-16/h4-10,14,17H,3,11H2,1-2H3. The molecular weight excluding hydrogens is 250 g/mol. The molecule has 104 valence electrons. The van der Waals surface area contributed by atoms with Crippen molar-refractivity contribution < 1.29 is 4.42 Å². The Morgan fingerprint density at radius 1 is 1.25 bits per heavy atom. The maximum absolute atomic E-state index is 5.48. The lowest BCUT2D eigenvalue weighted by atomic mass is 10.0. The van der Waals surface area contributed by atoms with E-state index in [9.17, 15) is 0 Å². The highest BCUT2D eigenvalue weighted by atomic mass is 16.3. The second-order valence-corrected chi connectivity index (χ2v) is 4.92. The molecule has 3 aromatic rings. The highest BCUT2D eigenvalue weighted by Crippen LogP contribution is 2.25. The molecule has 4 heteroatoms. The predicted molar refractivity (Wildman–Crippen MR) is 79.5 cm³/mol. The third-order valence-electron chi connectivity index (χ3n) is 3.55. The topological polar surface area (TPSA) is 43.0 Å². The van der Waals surface area contributed by atoms with Crippen LogP contribution < -0.4 is 5.32 Å². The molecule has 4 nitrogen and oxygen atoms in total. The third-order valence-corrected chi connectivity index (χ3v) is 3.55. The van der Waals surface area contributed by atoms with Gasteiger partial charge in [0.05, 0.1) is 23.5 Å². The number of furan rings is 1. The molecule has 0 radical (unpaired) electrons. The summed E-state index contributed by atoms with van der Waals surface area (Å²) in [7, 11) is 1.99. The number of para-hydroxylation sites is 1. The van der Waals surface area contributed by atoms with Gasteiger partial charge in [-0.3, -0.25) is 4.68 Å². The molecule has 0 saturated heterocycles. The van der Waals surface area contributed by atoms with E-state index < -0.39 is 0 Å². The summed E-state index contributed by atoms with van der Waals surface area (Å²) in [5.74, 6) is 0.977. The van der Waals surface area contributed by atoms with Gasteiger partial charge in [0.1, 0.15) is 5.76 Å². The fraction of sp³-hybridized carbons (Fsp3) is 0.312. The summed E-state index contributed by atoms with van der Waals surface area (Å²) >= 11 is 0. The van der Waals surface area contributed by atoms with Crippen LogP contribution in [0.4, 0.5) is 0 Å². The van der Waals surface area contributed by atoms with Gasteiger partial charge < -0.3 is 9.73 Å². The second kappa shape index (κ2) is 5.51. The minimum absolute atomic E-state index is 0.164. The Balaban J connectivity index is 2.00. The zero-order valence-electron chi connectivity index (χ0n) is 11.8. The summed E-state index contributed by atoms with van der Waals surface area (Å²) < 4.78 is 7.42. The van der Waals surface area contributed by atoms with Crippen molar-refractivity contribution in [1.29, 1.82) is 0 Å². The van der Waals surface area contributed by atoms with Gasteiger partial charge in [-0.25, -0.2) is 0 Å². The molecule has 3 rings (SSSR count). The van der Waals surface area contributed by atoms with Gasteiger partial charge in [0.15, 0.2) is 0 Å². The molecule has 1 aromatic carbocycles. The molecule has 1 atom stereocenters. The van der Waals surface area contributed by atoms with Crippen molar-refractivity contribution in [2.75, 3.05) is 6.54 Å². The third kappa shape index (κ3) is 2.34. The molecule has 0 bridgehead atoms. The number of fused-ring (bicyclic) bond motifs is 1. The number of rotatable bonds is 5. The second-order valence-electron chi connectivity index (χ2n) is 4.92. The van der Waals surface area contributed by atoms with Crippen LogP contribution in [0.1, 0.15) is 24.4 Å². The molecule has 0 saturated carbocycles. The van der Waals surface area contributed by atoms with Crippen molar-refractivity contribution in [1.82, 2.24) is 15.1 Å². The maximum Gasteiger partial charge on any atom is 0.105 e. The van der Waals surface area contributed by atoms with Gasteiger partial charge >= 0.3 is 0 Å². The molecule has 0 aliphatic rings. The molecule has 0 aliphatic heterocycles. The molecule has 0 amide bonds. The summed E-state index contributed by atoms with van der Waals surface area (Å²) in [5, 5.41) is 9.41. The number of aryl methyl sites for hydroxylation is 1. The zero-order chi connectivity index (χ0) is 13.9. The number of hydrogen-bond donors (Lipinski definition) is 1. The Labute approximate surface area is 118 Å². The lowest BCUT2D eigenvalue weighted by Gasteiger charge is -2.14. The largest absolute Gasteiger partial charge is 0.469 e. The molecule has 0 spiro atoms. The molecule has 20 heavy (non-hydrogen) atoms. The summed E-state index contributed by atoms with van der Waals surface area (Å²) in [5.41, 5.74) is 2.24. The van der Waals surface area contributed by atoms with Crippen LogP contribution in [0, 0.1) is 0 Å². The fourth-order valence-electron chi connectivity index (χ4n) is 2.64. The minimum atomic E-state index is 0.164. The van der Waals surface area contributed by atoms with E-state index >= 15 is 0 Å².